The van der Waals surface area contributed by atoms with Crippen LogP contribution in [0.5, 0.6) is 0 Å². The summed E-state index contributed by atoms with van der Waals surface area (Å²) in [4.78, 5) is 26.9. The maximum atomic E-state index is 15.6. The van der Waals surface area contributed by atoms with Gasteiger partial charge in [0.2, 0.25) is 5.91 Å². The first-order valence-electron chi connectivity index (χ1n) is 11.9. The number of rotatable bonds is 5. The lowest BCUT2D eigenvalue weighted by molar-refractivity contribution is -0.126. The number of hydrogen-bond acceptors (Lipinski definition) is 4. The highest BCUT2D eigenvalue weighted by molar-refractivity contribution is 6.01. The van der Waals surface area contributed by atoms with Gasteiger partial charge in [-0.1, -0.05) is 25.5 Å². The van der Waals surface area contributed by atoms with E-state index in [1.54, 1.807) is 12.1 Å². The van der Waals surface area contributed by atoms with E-state index in [-0.39, 0.29) is 24.2 Å². The minimum absolute atomic E-state index is 0.157. The van der Waals surface area contributed by atoms with Crippen LogP contribution < -0.4 is 10.6 Å². The molecular weight excluding hydrogens is 409 g/mol. The molecule has 2 N–H and O–H groups in total. The molecule has 4 aliphatic rings. The van der Waals surface area contributed by atoms with E-state index in [4.69, 9.17) is 4.74 Å². The summed E-state index contributed by atoms with van der Waals surface area (Å²) in [6, 6.07) is 3.74. The summed E-state index contributed by atoms with van der Waals surface area (Å²) < 4.78 is 21.1. The van der Waals surface area contributed by atoms with Gasteiger partial charge in [-0.25, -0.2) is 4.39 Å². The number of allylic oxidation sites excluding steroid dienone is 1. The Kier molecular flexibility index (Phi) is 6.03. The van der Waals surface area contributed by atoms with Crippen molar-refractivity contribution < 1.29 is 18.7 Å². The highest BCUT2D eigenvalue weighted by Gasteiger charge is 2.40. The van der Waals surface area contributed by atoms with Gasteiger partial charge in [0.25, 0.3) is 5.91 Å². The molecule has 3 fully saturated rings. The molecule has 1 aliphatic carbocycles. The average molecular weight is 442 g/mol. The molecule has 172 valence electrons. The Morgan fingerprint density at radius 2 is 2.03 bits per heavy atom. The molecular formula is C25H32FN3O3. The van der Waals surface area contributed by atoms with E-state index >= 15 is 4.39 Å². The van der Waals surface area contributed by atoms with E-state index in [1.807, 2.05) is 0 Å². The molecule has 4 atom stereocenters. The van der Waals surface area contributed by atoms with Crippen LogP contribution in [-0.2, 0) is 22.5 Å². The number of halogens is 1. The highest BCUT2D eigenvalue weighted by atomic mass is 19.1. The number of carbonyl (C=O) groups is 2. The fraction of sp³-hybridized carbons (Fsp3) is 0.600. The van der Waals surface area contributed by atoms with Gasteiger partial charge in [-0.05, 0) is 56.1 Å². The van der Waals surface area contributed by atoms with Gasteiger partial charge in [-0.2, -0.15) is 0 Å². The molecule has 2 unspecified atom stereocenters. The summed E-state index contributed by atoms with van der Waals surface area (Å²) in [6.45, 7) is 5.52. The number of nitrogens with zero attached hydrogens (tertiary/aromatic N) is 1. The van der Waals surface area contributed by atoms with Crippen LogP contribution in [0.2, 0.25) is 0 Å². The molecule has 3 heterocycles. The van der Waals surface area contributed by atoms with Crippen molar-refractivity contribution in [2.45, 2.75) is 76.0 Å². The summed E-state index contributed by atoms with van der Waals surface area (Å²) in [5.41, 5.74) is 2.18. The van der Waals surface area contributed by atoms with E-state index in [1.165, 1.54) is 17.7 Å². The predicted molar refractivity (Wildman–Crippen MR) is 118 cm³/mol. The Hall–Kier alpha value is -2.25. The maximum absolute atomic E-state index is 15.6. The summed E-state index contributed by atoms with van der Waals surface area (Å²) >= 11 is 0. The second kappa shape index (κ2) is 8.94. The fourth-order valence-electron chi connectivity index (χ4n) is 5.81. The van der Waals surface area contributed by atoms with Crippen molar-refractivity contribution in [3.8, 4) is 0 Å². The molecule has 32 heavy (non-hydrogen) atoms. The van der Waals surface area contributed by atoms with Crippen LogP contribution in [0.1, 0.15) is 66.4 Å². The van der Waals surface area contributed by atoms with Crippen LogP contribution in [0.3, 0.4) is 0 Å². The zero-order valence-electron chi connectivity index (χ0n) is 18.5. The molecule has 0 aromatic heterocycles. The topological polar surface area (TPSA) is 70.7 Å². The number of carbonyl (C=O) groups excluding carboxylic acids is 2. The lowest BCUT2D eigenvalue weighted by atomic mass is 9.80. The Labute approximate surface area is 188 Å². The highest BCUT2D eigenvalue weighted by Crippen LogP contribution is 2.34. The van der Waals surface area contributed by atoms with Gasteiger partial charge in [-0.3, -0.25) is 9.59 Å². The molecule has 1 aromatic rings. The van der Waals surface area contributed by atoms with E-state index in [0.717, 1.165) is 32.5 Å². The van der Waals surface area contributed by atoms with Crippen molar-refractivity contribution in [2.75, 3.05) is 13.2 Å². The number of amides is 2. The van der Waals surface area contributed by atoms with Crippen molar-refractivity contribution in [1.29, 1.82) is 0 Å². The molecule has 2 saturated heterocycles. The third-order valence-corrected chi connectivity index (χ3v) is 7.61. The van der Waals surface area contributed by atoms with Gasteiger partial charge < -0.3 is 20.3 Å². The van der Waals surface area contributed by atoms with E-state index in [0.29, 0.717) is 59.7 Å². The zero-order chi connectivity index (χ0) is 22.2. The van der Waals surface area contributed by atoms with E-state index < -0.39 is 6.04 Å². The Balaban J connectivity index is 1.32. The minimum Gasteiger partial charge on any atom is -0.380 e. The normalized spacial score (nSPS) is 30.5. The summed E-state index contributed by atoms with van der Waals surface area (Å²) in [6.07, 6.45) is 7.43. The number of benzene rings is 1. The van der Waals surface area contributed by atoms with Gasteiger partial charge in [-0.15, -0.1) is 0 Å². The van der Waals surface area contributed by atoms with Gasteiger partial charge in [0.1, 0.15) is 11.9 Å². The van der Waals surface area contributed by atoms with Crippen LogP contribution in [0, 0.1) is 11.7 Å². The van der Waals surface area contributed by atoms with Gasteiger partial charge in [0, 0.05) is 35.5 Å². The van der Waals surface area contributed by atoms with Crippen LogP contribution in [0.4, 0.5) is 4.39 Å². The number of fused-ring (bicyclic) bond motifs is 1. The first-order chi connectivity index (χ1) is 15.5. The van der Waals surface area contributed by atoms with Crippen LogP contribution in [-0.4, -0.2) is 48.1 Å². The molecule has 7 heteroatoms. The third-order valence-electron chi connectivity index (χ3n) is 7.61. The number of piperidine rings is 1. The lowest BCUT2D eigenvalue weighted by Gasteiger charge is -2.34. The van der Waals surface area contributed by atoms with Crippen molar-refractivity contribution >= 4 is 11.8 Å². The molecule has 0 spiro atoms. The monoisotopic (exact) mass is 441 g/mol. The summed E-state index contributed by atoms with van der Waals surface area (Å²) in [5.74, 6) is -0.376. The van der Waals surface area contributed by atoms with Crippen LogP contribution in [0.25, 0.3) is 0 Å². The molecule has 2 amide bonds. The smallest absolute Gasteiger partial charge is 0.255 e. The first kappa shape index (κ1) is 21.6. The van der Waals surface area contributed by atoms with Crippen molar-refractivity contribution in [3.63, 3.8) is 0 Å². The van der Waals surface area contributed by atoms with Crippen molar-refractivity contribution in [3.05, 3.63) is 46.9 Å². The Bertz CT molecular complexity index is 927. The van der Waals surface area contributed by atoms with E-state index in [2.05, 4.69) is 17.2 Å². The van der Waals surface area contributed by atoms with Crippen molar-refractivity contribution in [1.82, 2.24) is 15.5 Å². The largest absolute Gasteiger partial charge is 0.380 e. The van der Waals surface area contributed by atoms with Gasteiger partial charge in [0.15, 0.2) is 0 Å². The molecule has 0 bridgehead atoms. The quantitative estimate of drug-likeness (QED) is 0.737. The standard InChI is InChI=1S/C25H32FN3O3/c1-15-6-9-22(24(30)27-15)29-13-20-19(25(29)31)8-7-17(23(20)26)12-16-4-2-3-5-21(16)28-18-10-11-32-14-18/h7-8,16,18,21-22,28H,1-6,9-14H2,(H,27,30)/t16-,18?,21+,22?/m1/s1. The Morgan fingerprint density at radius 3 is 2.81 bits per heavy atom. The minimum atomic E-state index is -0.566. The number of nitrogens with one attached hydrogen (secondary N) is 2. The summed E-state index contributed by atoms with van der Waals surface area (Å²) in [7, 11) is 0. The fourth-order valence-corrected chi connectivity index (χ4v) is 5.81. The zero-order valence-corrected chi connectivity index (χ0v) is 18.5. The van der Waals surface area contributed by atoms with E-state index in [9.17, 15) is 9.59 Å². The average Bonchev–Trinajstić information content (AvgIpc) is 3.40. The predicted octanol–water partition coefficient (Wildman–Crippen LogP) is 3.05. The SMILES string of the molecule is C=C1CCC(N2Cc3c(ccc(C[C@H]4CCCC[C@@H]4NC4CCOC4)c3F)C2=O)C(=O)N1. The second-order valence-electron chi connectivity index (χ2n) is 9.73. The van der Waals surface area contributed by atoms with Crippen molar-refractivity contribution in [2.24, 2.45) is 5.92 Å². The molecule has 6 nitrogen and oxygen atoms in total. The van der Waals surface area contributed by atoms with Crippen LogP contribution >= 0.6 is 0 Å². The molecule has 5 rings (SSSR count). The van der Waals surface area contributed by atoms with Crippen LogP contribution in [0.15, 0.2) is 24.4 Å². The first-order valence-corrected chi connectivity index (χ1v) is 11.9. The molecule has 0 radical (unpaired) electrons. The third kappa shape index (κ3) is 4.08. The number of hydrogen-bond donors (Lipinski definition) is 2. The number of ether oxygens (including phenoxy) is 1. The van der Waals surface area contributed by atoms with Gasteiger partial charge >= 0.3 is 0 Å². The molecule has 1 saturated carbocycles. The second-order valence-corrected chi connectivity index (χ2v) is 9.73. The summed E-state index contributed by atoms with van der Waals surface area (Å²) in [5, 5.41) is 6.50. The van der Waals surface area contributed by atoms with Gasteiger partial charge in [0.05, 0.1) is 13.2 Å². The molecule has 1 aromatic carbocycles. The maximum Gasteiger partial charge on any atom is 0.255 e. The Morgan fingerprint density at radius 1 is 1.19 bits per heavy atom. The molecule has 3 aliphatic heterocycles. The lowest BCUT2D eigenvalue weighted by Crippen LogP contribution is -2.49.